The van der Waals surface area contributed by atoms with Crippen molar-refractivity contribution in [2.45, 2.75) is 39.9 Å². The highest BCUT2D eigenvalue weighted by atomic mass is 32.1. The van der Waals surface area contributed by atoms with Crippen molar-refractivity contribution >= 4 is 17.2 Å². The number of fused-ring (bicyclic) bond motifs is 1. The van der Waals surface area contributed by atoms with Gasteiger partial charge in [-0.15, -0.1) is 11.3 Å². The molecular weight excluding hydrogens is 288 g/mol. The zero-order valence-electron chi connectivity index (χ0n) is 12.2. The second-order valence-corrected chi connectivity index (χ2v) is 6.32. The Morgan fingerprint density at radius 2 is 2.43 bits per heavy atom. The molecule has 1 N–H and O–H groups in total. The molecule has 3 rings (SSSR count). The highest BCUT2D eigenvalue weighted by molar-refractivity contribution is 7.09. The summed E-state index contributed by atoms with van der Waals surface area (Å²) in [4.78, 5) is 17.9. The van der Waals surface area contributed by atoms with Crippen molar-refractivity contribution in [3.05, 3.63) is 33.1 Å². The number of aryl methyl sites for hydroxylation is 1. The van der Waals surface area contributed by atoms with Crippen molar-refractivity contribution in [1.82, 2.24) is 20.4 Å². The number of hydrogen-bond donors (Lipinski definition) is 1. The zero-order valence-corrected chi connectivity index (χ0v) is 13.0. The fourth-order valence-electron chi connectivity index (χ4n) is 2.51. The standard InChI is InChI=1S/C14H18N4O2S/c1-9(19)15-5-13-12-7-18(4-3-14(12)20-17-13)6-11-8-21-10(2)16-11/h8H,3-7H2,1-2H3,(H,15,19). The molecule has 2 aromatic heterocycles. The molecule has 1 amide bonds. The van der Waals surface area contributed by atoms with Crippen LogP contribution in [0.15, 0.2) is 9.90 Å². The minimum absolute atomic E-state index is 0.0580. The summed E-state index contributed by atoms with van der Waals surface area (Å²) < 4.78 is 5.38. The van der Waals surface area contributed by atoms with Gasteiger partial charge in [-0.25, -0.2) is 4.98 Å². The molecule has 0 unspecified atom stereocenters. The summed E-state index contributed by atoms with van der Waals surface area (Å²) in [6.45, 7) is 6.53. The summed E-state index contributed by atoms with van der Waals surface area (Å²) in [7, 11) is 0. The van der Waals surface area contributed by atoms with Crippen molar-refractivity contribution in [1.29, 1.82) is 0 Å². The van der Waals surface area contributed by atoms with E-state index in [9.17, 15) is 4.79 Å². The maximum absolute atomic E-state index is 11.0. The maximum Gasteiger partial charge on any atom is 0.217 e. The highest BCUT2D eigenvalue weighted by Gasteiger charge is 2.24. The Balaban J connectivity index is 1.68. The predicted molar refractivity (Wildman–Crippen MR) is 78.7 cm³/mol. The smallest absolute Gasteiger partial charge is 0.217 e. The van der Waals surface area contributed by atoms with E-state index >= 15 is 0 Å². The molecule has 1 aliphatic heterocycles. The molecule has 112 valence electrons. The largest absolute Gasteiger partial charge is 0.361 e. The number of thiazole rings is 1. The van der Waals surface area contributed by atoms with Crippen LogP contribution in [0.5, 0.6) is 0 Å². The van der Waals surface area contributed by atoms with Crippen LogP contribution in [0.25, 0.3) is 0 Å². The van der Waals surface area contributed by atoms with Gasteiger partial charge < -0.3 is 9.84 Å². The summed E-state index contributed by atoms with van der Waals surface area (Å²) in [5.41, 5.74) is 3.06. The van der Waals surface area contributed by atoms with Gasteiger partial charge in [0.05, 0.1) is 17.2 Å². The van der Waals surface area contributed by atoms with Gasteiger partial charge in [0.25, 0.3) is 0 Å². The Labute approximate surface area is 127 Å². The van der Waals surface area contributed by atoms with E-state index in [4.69, 9.17) is 4.52 Å². The molecule has 0 radical (unpaired) electrons. The number of amides is 1. The van der Waals surface area contributed by atoms with Gasteiger partial charge in [0, 0.05) is 43.9 Å². The molecule has 0 saturated heterocycles. The molecule has 0 fully saturated rings. The van der Waals surface area contributed by atoms with Crippen LogP contribution in [0.3, 0.4) is 0 Å². The van der Waals surface area contributed by atoms with E-state index in [2.05, 4.69) is 25.7 Å². The lowest BCUT2D eigenvalue weighted by molar-refractivity contribution is -0.119. The molecule has 7 heteroatoms. The normalized spacial score (nSPS) is 15.0. The lowest BCUT2D eigenvalue weighted by atomic mass is 10.1. The summed E-state index contributed by atoms with van der Waals surface area (Å²) in [6, 6.07) is 0. The minimum Gasteiger partial charge on any atom is -0.361 e. The summed E-state index contributed by atoms with van der Waals surface area (Å²) in [5, 5.41) is 10.1. The summed E-state index contributed by atoms with van der Waals surface area (Å²) in [6.07, 6.45) is 0.853. The number of rotatable bonds is 4. The molecule has 2 aromatic rings. The molecule has 0 aromatic carbocycles. The van der Waals surface area contributed by atoms with Crippen LogP contribution in [0.2, 0.25) is 0 Å². The van der Waals surface area contributed by atoms with Crippen LogP contribution in [0.4, 0.5) is 0 Å². The fourth-order valence-corrected chi connectivity index (χ4v) is 3.12. The van der Waals surface area contributed by atoms with Crippen molar-refractivity contribution in [2.24, 2.45) is 0 Å². The van der Waals surface area contributed by atoms with Crippen LogP contribution in [-0.4, -0.2) is 27.5 Å². The molecule has 0 bridgehead atoms. The average molecular weight is 306 g/mol. The summed E-state index contributed by atoms with van der Waals surface area (Å²) in [5.74, 6) is 0.887. The van der Waals surface area contributed by atoms with Crippen LogP contribution in [0.1, 0.15) is 34.6 Å². The van der Waals surface area contributed by atoms with Gasteiger partial charge in [0.2, 0.25) is 5.91 Å². The molecule has 0 atom stereocenters. The molecule has 3 heterocycles. The molecule has 0 saturated carbocycles. The third-order valence-electron chi connectivity index (χ3n) is 3.54. The third-order valence-corrected chi connectivity index (χ3v) is 4.37. The SMILES string of the molecule is CC(=O)NCc1noc2c1CN(Cc1csc(C)n1)CC2. The first-order valence-electron chi connectivity index (χ1n) is 6.96. The number of carbonyl (C=O) groups is 1. The Bertz CT molecular complexity index is 649. The minimum atomic E-state index is -0.0580. The van der Waals surface area contributed by atoms with Gasteiger partial charge in [-0.1, -0.05) is 5.16 Å². The van der Waals surface area contributed by atoms with Crippen LogP contribution in [0, 0.1) is 6.92 Å². The highest BCUT2D eigenvalue weighted by Crippen LogP contribution is 2.24. The van der Waals surface area contributed by atoms with E-state index in [0.717, 1.165) is 53.8 Å². The molecule has 0 spiro atoms. The summed E-state index contributed by atoms with van der Waals surface area (Å²) >= 11 is 1.68. The van der Waals surface area contributed by atoms with E-state index in [0.29, 0.717) is 6.54 Å². The Morgan fingerprint density at radius 1 is 1.57 bits per heavy atom. The quantitative estimate of drug-likeness (QED) is 0.929. The van der Waals surface area contributed by atoms with E-state index in [-0.39, 0.29) is 5.91 Å². The first-order chi connectivity index (χ1) is 10.1. The molecule has 0 aliphatic carbocycles. The number of nitrogens with zero attached hydrogens (tertiary/aromatic N) is 3. The van der Waals surface area contributed by atoms with Crippen molar-refractivity contribution < 1.29 is 9.32 Å². The fraction of sp³-hybridized carbons (Fsp3) is 0.500. The van der Waals surface area contributed by atoms with Crippen LogP contribution >= 0.6 is 11.3 Å². The Hall–Kier alpha value is -1.73. The lowest BCUT2D eigenvalue weighted by Crippen LogP contribution is -2.30. The Kier molecular flexibility index (Phi) is 4.03. The molecule has 1 aliphatic rings. The number of carbonyl (C=O) groups excluding carboxylic acids is 1. The molecule has 6 nitrogen and oxygen atoms in total. The van der Waals surface area contributed by atoms with Gasteiger partial charge in [-0.05, 0) is 6.92 Å². The topological polar surface area (TPSA) is 71.3 Å². The van der Waals surface area contributed by atoms with Crippen molar-refractivity contribution in [2.75, 3.05) is 6.54 Å². The van der Waals surface area contributed by atoms with Crippen LogP contribution in [-0.2, 0) is 30.8 Å². The first kappa shape index (κ1) is 14.2. The van der Waals surface area contributed by atoms with Gasteiger partial charge in [-0.3, -0.25) is 9.69 Å². The second-order valence-electron chi connectivity index (χ2n) is 5.26. The van der Waals surface area contributed by atoms with Crippen LogP contribution < -0.4 is 5.32 Å². The predicted octanol–water partition coefficient (Wildman–Crippen LogP) is 1.63. The lowest BCUT2D eigenvalue weighted by Gasteiger charge is -2.25. The van der Waals surface area contributed by atoms with E-state index in [1.807, 2.05) is 6.92 Å². The number of aromatic nitrogens is 2. The molecule has 21 heavy (non-hydrogen) atoms. The third kappa shape index (κ3) is 3.30. The zero-order chi connectivity index (χ0) is 14.8. The average Bonchev–Trinajstić information content (AvgIpc) is 3.03. The van der Waals surface area contributed by atoms with Gasteiger partial charge in [0.1, 0.15) is 11.5 Å². The Morgan fingerprint density at radius 3 is 3.14 bits per heavy atom. The van der Waals surface area contributed by atoms with Crippen molar-refractivity contribution in [3.63, 3.8) is 0 Å². The van der Waals surface area contributed by atoms with Gasteiger partial charge in [0.15, 0.2) is 0 Å². The second kappa shape index (κ2) is 5.95. The molecular formula is C14H18N4O2S. The van der Waals surface area contributed by atoms with E-state index in [1.165, 1.54) is 6.92 Å². The monoisotopic (exact) mass is 306 g/mol. The van der Waals surface area contributed by atoms with Crippen molar-refractivity contribution in [3.8, 4) is 0 Å². The van der Waals surface area contributed by atoms with E-state index in [1.54, 1.807) is 11.3 Å². The van der Waals surface area contributed by atoms with Gasteiger partial charge in [-0.2, -0.15) is 0 Å². The van der Waals surface area contributed by atoms with Gasteiger partial charge >= 0.3 is 0 Å². The number of nitrogens with one attached hydrogen (secondary N) is 1. The first-order valence-corrected chi connectivity index (χ1v) is 7.84. The number of hydrogen-bond acceptors (Lipinski definition) is 6. The maximum atomic E-state index is 11.0. The van der Waals surface area contributed by atoms with E-state index < -0.39 is 0 Å².